The van der Waals surface area contributed by atoms with Gasteiger partial charge >= 0.3 is 0 Å². The van der Waals surface area contributed by atoms with Gasteiger partial charge in [0, 0.05) is 17.4 Å². The van der Waals surface area contributed by atoms with Crippen LogP contribution in [0.2, 0.25) is 0 Å². The smallest absolute Gasteiger partial charge is 0.300 e. The molecule has 1 saturated heterocycles. The van der Waals surface area contributed by atoms with E-state index < -0.39 is 17.7 Å². The number of hydrogen-bond donors (Lipinski definition) is 1. The molecule has 6 heteroatoms. The first-order chi connectivity index (χ1) is 17.8. The molecule has 2 heterocycles. The number of nitrogens with zero attached hydrogens (tertiary/aromatic N) is 2. The summed E-state index contributed by atoms with van der Waals surface area (Å²) in [5, 5.41) is 11.4. The number of carbonyl (C=O) groups is 2. The molecule has 1 fully saturated rings. The first-order valence-electron chi connectivity index (χ1n) is 12.9. The van der Waals surface area contributed by atoms with Crippen LogP contribution in [0.5, 0.6) is 5.75 Å². The molecule has 1 aromatic heterocycles. The van der Waals surface area contributed by atoms with E-state index >= 15 is 0 Å². The van der Waals surface area contributed by atoms with E-state index in [-0.39, 0.29) is 11.3 Å². The summed E-state index contributed by atoms with van der Waals surface area (Å²) in [6, 6.07) is 17.5. The minimum absolute atomic E-state index is 0.0222. The van der Waals surface area contributed by atoms with Crippen molar-refractivity contribution in [3.05, 3.63) is 94.8 Å². The summed E-state index contributed by atoms with van der Waals surface area (Å²) < 4.78 is 5.86. The molecular weight excluding hydrogens is 464 g/mol. The van der Waals surface area contributed by atoms with Gasteiger partial charge in [-0.25, -0.2) is 0 Å². The number of unbranched alkanes of at least 4 members (excludes halogenated alkanes) is 1. The van der Waals surface area contributed by atoms with Crippen molar-refractivity contribution in [3.8, 4) is 5.75 Å². The van der Waals surface area contributed by atoms with E-state index in [2.05, 4.69) is 25.8 Å². The number of aliphatic hydroxyl groups excluding tert-OH is 1. The van der Waals surface area contributed by atoms with Crippen LogP contribution in [0.4, 0.5) is 5.69 Å². The van der Waals surface area contributed by atoms with Gasteiger partial charge in [-0.15, -0.1) is 0 Å². The quantitative estimate of drug-likeness (QED) is 0.210. The number of Topliss-reactive ketones (excluding diaryl/α,β-unsaturated/α-hetero) is 1. The van der Waals surface area contributed by atoms with Crippen molar-refractivity contribution >= 4 is 23.1 Å². The van der Waals surface area contributed by atoms with Gasteiger partial charge in [0.1, 0.15) is 17.6 Å². The molecule has 0 radical (unpaired) electrons. The van der Waals surface area contributed by atoms with Crippen molar-refractivity contribution in [3.63, 3.8) is 0 Å². The molecular formula is C31H34N2O4. The lowest BCUT2D eigenvalue weighted by Crippen LogP contribution is -2.29. The Kier molecular flexibility index (Phi) is 8.07. The lowest BCUT2D eigenvalue weighted by molar-refractivity contribution is -0.132. The van der Waals surface area contributed by atoms with Gasteiger partial charge in [0.05, 0.1) is 17.9 Å². The van der Waals surface area contributed by atoms with Gasteiger partial charge in [-0.1, -0.05) is 45.4 Å². The van der Waals surface area contributed by atoms with Crippen molar-refractivity contribution in [1.29, 1.82) is 0 Å². The topological polar surface area (TPSA) is 79.7 Å². The summed E-state index contributed by atoms with van der Waals surface area (Å²) in [4.78, 5) is 32.6. The van der Waals surface area contributed by atoms with Crippen LogP contribution in [-0.2, 0) is 16.0 Å². The largest absolute Gasteiger partial charge is 0.507 e. The number of anilines is 1. The molecule has 192 valence electrons. The second kappa shape index (κ2) is 11.4. The number of aryl methyl sites for hydroxylation is 2. The number of rotatable bonds is 9. The van der Waals surface area contributed by atoms with E-state index in [4.69, 9.17) is 4.74 Å². The van der Waals surface area contributed by atoms with Crippen molar-refractivity contribution in [2.75, 3.05) is 11.5 Å². The molecule has 1 amide bonds. The van der Waals surface area contributed by atoms with Crippen molar-refractivity contribution in [2.45, 2.75) is 53.0 Å². The lowest BCUT2D eigenvalue weighted by Gasteiger charge is -2.25. The van der Waals surface area contributed by atoms with Gasteiger partial charge in [0.2, 0.25) is 0 Å². The highest BCUT2D eigenvalue weighted by Crippen LogP contribution is 2.41. The van der Waals surface area contributed by atoms with E-state index in [9.17, 15) is 14.7 Å². The van der Waals surface area contributed by atoms with Crippen LogP contribution in [0, 0.1) is 12.8 Å². The SMILES string of the molecule is CCCCc1ccc(N2C(=O)C(=O)/C(=C(\O)c3ccc(OCC(C)C)c(C)c3)C2c2ccccn2)cc1. The second-order valence-corrected chi connectivity index (χ2v) is 9.88. The number of amides is 1. The molecule has 0 bridgehead atoms. The zero-order valence-electron chi connectivity index (χ0n) is 21.9. The van der Waals surface area contributed by atoms with Gasteiger partial charge in [0.25, 0.3) is 11.7 Å². The van der Waals surface area contributed by atoms with E-state index in [0.717, 1.165) is 30.6 Å². The fraction of sp³-hybridized carbons (Fsp3) is 0.323. The van der Waals surface area contributed by atoms with Crippen LogP contribution in [-0.4, -0.2) is 28.4 Å². The van der Waals surface area contributed by atoms with Crippen LogP contribution >= 0.6 is 0 Å². The summed E-state index contributed by atoms with van der Waals surface area (Å²) in [6.45, 7) is 8.76. The van der Waals surface area contributed by atoms with Crippen molar-refractivity contribution < 1.29 is 19.4 Å². The van der Waals surface area contributed by atoms with Crippen molar-refractivity contribution in [1.82, 2.24) is 4.98 Å². The molecule has 1 aliphatic rings. The van der Waals surface area contributed by atoms with Crippen LogP contribution in [0.15, 0.2) is 72.4 Å². The summed E-state index contributed by atoms with van der Waals surface area (Å²) in [6.07, 6.45) is 4.75. The number of pyridine rings is 1. The second-order valence-electron chi connectivity index (χ2n) is 9.88. The summed E-state index contributed by atoms with van der Waals surface area (Å²) >= 11 is 0. The fourth-order valence-corrected chi connectivity index (χ4v) is 4.49. The van der Waals surface area contributed by atoms with Gasteiger partial charge in [-0.05, 0) is 79.3 Å². The zero-order valence-corrected chi connectivity index (χ0v) is 21.9. The maximum atomic E-state index is 13.4. The number of aliphatic hydroxyl groups is 1. The van der Waals surface area contributed by atoms with Gasteiger partial charge in [-0.3, -0.25) is 19.5 Å². The Labute approximate surface area is 218 Å². The summed E-state index contributed by atoms with van der Waals surface area (Å²) in [5.41, 5.74) is 3.57. The molecule has 1 unspecified atom stereocenters. The number of ketones is 1. The maximum absolute atomic E-state index is 13.4. The average Bonchev–Trinajstić information content (AvgIpc) is 3.17. The number of hydrogen-bond acceptors (Lipinski definition) is 5. The molecule has 4 rings (SSSR count). The van der Waals surface area contributed by atoms with Crippen LogP contribution in [0.25, 0.3) is 5.76 Å². The molecule has 6 nitrogen and oxygen atoms in total. The molecule has 37 heavy (non-hydrogen) atoms. The highest BCUT2D eigenvalue weighted by molar-refractivity contribution is 6.51. The summed E-state index contributed by atoms with van der Waals surface area (Å²) in [7, 11) is 0. The van der Waals surface area contributed by atoms with Gasteiger partial charge < -0.3 is 9.84 Å². The maximum Gasteiger partial charge on any atom is 0.300 e. The molecule has 2 aromatic carbocycles. The minimum atomic E-state index is -0.847. The number of benzene rings is 2. The predicted octanol–water partition coefficient (Wildman–Crippen LogP) is 6.39. The van der Waals surface area contributed by atoms with Crippen LogP contribution in [0.1, 0.15) is 62.0 Å². The van der Waals surface area contributed by atoms with Gasteiger partial charge in [-0.2, -0.15) is 0 Å². The van der Waals surface area contributed by atoms with Crippen LogP contribution in [0.3, 0.4) is 0 Å². The monoisotopic (exact) mass is 498 g/mol. The molecule has 0 aliphatic carbocycles. The predicted molar refractivity (Wildman–Crippen MR) is 146 cm³/mol. The zero-order chi connectivity index (χ0) is 26.5. The third-order valence-electron chi connectivity index (χ3n) is 6.47. The Morgan fingerprint density at radius 3 is 2.46 bits per heavy atom. The Morgan fingerprint density at radius 1 is 1.08 bits per heavy atom. The van der Waals surface area contributed by atoms with E-state index in [1.807, 2.05) is 31.2 Å². The Morgan fingerprint density at radius 2 is 1.84 bits per heavy atom. The molecule has 1 atom stereocenters. The minimum Gasteiger partial charge on any atom is -0.507 e. The molecule has 0 saturated carbocycles. The Balaban J connectivity index is 1.77. The Hall–Kier alpha value is -3.93. The third-order valence-corrected chi connectivity index (χ3v) is 6.47. The Bertz CT molecular complexity index is 1300. The van der Waals surface area contributed by atoms with E-state index in [0.29, 0.717) is 29.5 Å². The number of aromatic nitrogens is 1. The standard InChI is InChI=1S/C31H34N2O4/c1-5-6-9-22-11-14-24(15-12-22)33-28(25-10-7-8-17-32-25)27(30(35)31(33)36)29(34)23-13-16-26(21(4)18-23)37-19-20(2)3/h7-8,10-18,20,28,34H,5-6,9,19H2,1-4H3/b29-27-. The first-order valence-corrected chi connectivity index (χ1v) is 12.9. The molecule has 1 aliphatic heterocycles. The van der Waals surface area contributed by atoms with Crippen molar-refractivity contribution in [2.24, 2.45) is 5.92 Å². The third kappa shape index (κ3) is 5.58. The number of ether oxygens (including phenoxy) is 1. The first kappa shape index (κ1) is 26.1. The number of carbonyl (C=O) groups excluding carboxylic acids is 2. The normalized spacial score (nSPS) is 17.0. The average molecular weight is 499 g/mol. The van der Waals surface area contributed by atoms with Crippen LogP contribution < -0.4 is 9.64 Å². The van der Waals surface area contributed by atoms with E-state index in [1.54, 1.807) is 42.6 Å². The highest BCUT2D eigenvalue weighted by atomic mass is 16.5. The summed E-state index contributed by atoms with van der Waals surface area (Å²) in [5.74, 6) is -0.555. The molecule has 1 N–H and O–H groups in total. The van der Waals surface area contributed by atoms with Gasteiger partial charge in [0.15, 0.2) is 0 Å². The molecule has 0 spiro atoms. The highest BCUT2D eigenvalue weighted by Gasteiger charge is 2.47. The molecule has 3 aromatic rings. The lowest BCUT2D eigenvalue weighted by atomic mass is 9.97. The van der Waals surface area contributed by atoms with E-state index in [1.165, 1.54) is 10.5 Å². The fourth-order valence-electron chi connectivity index (χ4n) is 4.49.